The fourth-order valence-corrected chi connectivity index (χ4v) is 10.2. The summed E-state index contributed by atoms with van der Waals surface area (Å²) in [5.74, 6) is 0.991. The Bertz CT molecular complexity index is 1650. The quantitative estimate of drug-likeness (QED) is 0.403. The number of aryl methyl sites for hydroxylation is 1. The molecule has 1 aliphatic carbocycles. The lowest BCUT2D eigenvalue weighted by molar-refractivity contribution is -0.251. The summed E-state index contributed by atoms with van der Waals surface area (Å²) in [4.78, 5) is 18.3. The van der Waals surface area contributed by atoms with E-state index in [1.807, 2.05) is 37.3 Å². The van der Waals surface area contributed by atoms with Crippen molar-refractivity contribution < 1.29 is 32.2 Å². The van der Waals surface area contributed by atoms with E-state index in [4.69, 9.17) is 30.5 Å². The first-order chi connectivity index (χ1) is 24.6. The van der Waals surface area contributed by atoms with Crippen LogP contribution in [0.4, 0.5) is 5.69 Å². The van der Waals surface area contributed by atoms with Gasteiger partial charge in [0.15, 0.2) is 6.29 Å². The number of fused-ring (bicyclic) bond motifs is 3. The highest BCUT2D eigenvalue weighted by Crippen LogP contribution is 2.46. The van der Waals surface area contributed by atoms with Crippen molar-refractivity contribution >= 4 is 33.2 Å². The van der Waals surface area contributed by atoms with Crippen molar-refractivity contribution in [2.75, 3.05) is 51.4 Å². The normalized spacial score (nSPS) is 32.5. The highest BCUT2D eigenvalue weighted by molar-refractivity contribution is 7.90. The van der Waals surface area contributed by atoms with Gasteiger partial charge in [0.1, 0.15) is 12.4 Å². The molecule has 1 N–H and O–H groups in total. The Morgan fingerprint density at radius 1 is 0.902 bits per heavy atom. The minimum absolute atomic E-state index is 0.132. The molecule has 1 amide bonds. The van der Waals surface area contributed by atoms with Gasteiger partial charge >= 0.3 is 0 Å². The van der Waals surface area contributed by atoms with Crippen LogP contribution in [0.3, 0.4) is 0 Å². The summed E-state index contributed by atoms with van der Waals surface area (Å²) in [6.45, 7) is 8.76. The SMILES string of the molecule is COC1CN(C2COC([C@H]3CCC[C@H](C)[C@@H](C)S(=O)(=O)NC(=O)c4ccc5c(c4)N(CCCCc4cc(Cl)ccc4CO5)C[C@@H]4CC[C@H]43)OC2)C1. The monoisotopic (exact) mass is 743 g/mol. The number of nitrogens with zero attached hydrogens (tertiary/aromatic N) is 2. The van der Waals surface area contributed by atoms with Gasteiger partial charge < -0.3 is 23.8 Å². The first-order valence-electron chi connectivity index (χ1n) is 18.9. The summed E-state index contributed by atoms with van der Waals surface area (Å²) in [5, 5.41) is -0.00960. The van der Waals surface area contributed by atoms with Crippen LogP contribution in [0.25, 0.3) is 0 Å². The van der Waals surface area contributed by atoms with Crippen LogP contribution >= 0.6 is 11.6 Å². The predicted octanol–water partition coefficient (Wildman–Crippen LogP) is 6.04. The number of nitrogens with one attached hydrogen (secondary N) is 1. The lowest BCUT2D eigenvalue weighted by Crippen LogP contribution is -2.61. The molecule has 10 nitrogen and oxygen atoms in total. The molecule has 0 radical (unpaired) electrons. The molecule has 3 fully saturated rings. The molecule has 0 aromatic heterocycles. The van der Waals surface area contributed by atoms with Gasteiger partial charge in [-0.15, -0.1) is 0 Å². The van der Waals surface area contributed by atoms with Crippen molar-refractivity contribution in [2.24, 2.45) is 23.7 Å². The molecule has 2 aromatic rings. The van der Waals surface area contributed by atoms with E-state index in [2.05, 4.69) is 14.5 Å². The number of hydrogen-bond donors (Lipinski definition) is 1. The van der Waals surface area contributed by atoms with Crippen LogP contribution in [0, 0.1) is 23.7 Å². The highest BCUT2D eigenvalue weighted by Gasteiger charge is 2.45. The van der Waals surface area contributed by atoms with Gasteiger partial charge in [-0.05, 0) is 111 Å². The van der Waals surface area contributed by atoms with E-state index in [0.29, 0.717) is 43.0 Å². The van der Waals surface area contributed by atoms with E-state index in [0.717, 1.165) is 93.8 Å². The number of hydrogen-bond acceptors (Lipinski definition) is 9. The second-order valence-electron chi connectivity index (χ2n) is 15.5. The average Bonchev–Trinajstić information content (AvgIpc) is 3.11. The molecule has 51 heavy (non-hydrogen) atoms. The fraction of sp³-hybridized carbons (Fsp3) is 0.667. The molecule has 1 saturated carbocycles. The van der Waals surface area contributed by atoms with Crippen molar-refractivity contribution in [3.8, 4) is 5.75 Å². The van der Waals surface area contributed by atoms with Crippen LogP contribution < -0.4 is 14.4 Å². The molecule has 5 aliphatic rings. The number of anilines is 1. The summed E-state index contributed by atoms with van der Waals surface area (Å²) < 4.78 is 54.6. The lowest BCUT2D eigenvalue weighted by Gasteiger charge is -2.50. The number of carbonyl (C=O) groups is 1. The van der Waals surface area contributed by atoms with Gasteiger partial charge in [0.2, 0.25) is 10.0 Å². The van der Waals surface area contributed by atoms with Gasteiger partial charge in [-0.1, -0.05) is 31.0 Å². The first-order valence-corrected chi connectivity index (χ1v) is 20.9. The van der Waals surface area contributed by atoms with Gasteiger partial charge in [0.25, 0.3) is 5.91 Å². The van der Waals surface area contributed by atoms with Crippen LogP contribution in [0.15, 0.2) is 36.4 Å². The first kappa shape index (κ1) is 36.9. The van der Waals surface area contributed by atoms with Crippen molar-refractivity contribution in [3.63, 3.8) is 0 Å². The maximum atomic E-state index is 13.6. The molecular formula is C39H54ClN3O7S. The molecule has 2 aromatic carbocycles. The Hall–Kier alpha value is -2.41. The molecule has 7 rings (SSSR count). The Morgan fingerprint density at radius 3 is 2.45 bits per heavy atom. The van der Waals surface area contributed by atoms with E-state index in [1.165, 1.54) is 5.56 Å². The molecule has 0 spiro atoms. The number of halogens is 1. The van der Waals surface area contributed by atoms with Crippen molar-refractivity contribution in [1.29, 1.82) is 0 Å². The molecule has 4 aliphatic heterocycles. The van der Waals surface area contributed by atoms with E-state index in [-0.39, 0.29) is 30.3 Å². The number of likely N-dealkylation sites (tertiary alicyclic amines) is 1. The molecule has 4 heterocycles. The topological polar surface area (TPSA) is 107 Å². The second kappa shape index (κ2) is 15.9. The van der Waals surface area contributed by atoms with Gasteiger partial charge in [-0.25, -0.2) is 13.1 Å². The van der Waals surface area contributed by atoms with Crippen LogP contribution in [0.5, 0.6) is 5.75 Å². The molecule has 2 bridgehead atoms. The Balaban J connectivity index is 1.18. The molecule has 12 heteroatoms. The maximum absolute atomic E-state index is 13.6. The van der Waals surface area contributed by atoms with E-state index in [1.54, 1.807) is 20.1 Å². The third-order valence-corrected chi connectivity index (χ3v) is 14.6. The zero-order valence-corrected chi connectivity index (χ0v) is 31.8. The Labute approximate surface area is 308 Å². The highest BCUT2D eigenvalue weighted by atomic mass is 35.5. The molecule has 5 atom stereocenters. The fourth-order valence-electron chi connectivity index (χ4n) is 8.68. The molecule has 0 unspecified atom stereocenters. The summed E-state index contributed by atoms with van der Waals surface area (Å²) in [6.07, 6.45) is 7.57. The largest absolute Gasteiger partial charge is 0.487 e. The van der Waals surface area contributed by atoms with Crippen molar-refractivity contribution in [3.05, 3.63) is 58.1 Å². The number of methoxy groups -OCH3 is 1. The number of benzene rings is 2. The summed E-state index contributed by atoms with van der Waals surface area (Å²) in [6, 6.07) is 11.5. The Kier molecular flexibility index (Phi) is 11.5. The Morgan fingerprint density at radius 2 is 1.71 bits per heavy atom. The summed E-state index contributed by atoms with van der Waals surface area (Å²) in [5.41, 5.74) is 3.41. The number of sulfonamides is 1. The number of amides is 1. The predicted molar refractivity (Wildman–Crippen MR) is 198 cm³/mol. The van der Waals surface area contributed by atoms with Crippen LogP contribution in [0.2, 0.25) is 5.02 Å². The van der Waals surface area contributed by atoms with E-state index in [9.17, 15) is 13.2 Å². The molecular weight excluding hydrogens is 690 g/mol. The number of rotatable bonds is 3. The minimum atomic E-state index is -3.91. The molecule has 2 saturated heterocycles. The second-order valence-corrected chi connectivity index (χ2v) is 18.0. The van der Waals surface area contributed by atoms with Gasteiger partial charge in [-0.2, -0.15) is 0 Å². The lowest BCUT2D eigenvalue weighted by atomic mass is 9.65. The van der Waals surface area contributed by atoms with Gasteiger partial charge in [-0.3, -0.25) is 9.69 Å². The molecule has 280 valence electrons. The minimum Gasteiger partial charge on any atom is -0.487 e. The van der Waals surface area contributed by atoms with Crippen molar-refractivity contribution in [2.45, 2.75) is 95.5 Å². The van der Waals surface area contributed by atoms with Crippen LogP contribution in [-0.2, 0) is 37.3 Å². The van der Waals surface area contributed by atoms with Gasteiger partial charge in [0, 0.05) is 49.8 Å². The zero-order valence-electron chi connectivity index (χ0n) is 30.2. The average molecular weight is 744 g/mol. The van der Waals surface area contributed by atoms with E-state index < -0.39 is 21.2 Å². The third kappa shape index (κ3) is 8.24. The number of ether oxygens (including phenoxy) is 4. The van der Waals surface area contributed by atoms with Gasteiger partial charge in [0.05, 0.1) is 36.3 Å². The van der Waals surface area contributed by atoms with Crippen LogP contribution in [0.1, 0.15) is 80.3 Å². The third-order valence-electron chi connectivity index (χ3n) is 12.4. The summed E-state index contributed by atoms with van der Waals surface area (Å²) >= 11 is 6.39. The summed E-state index contributed by atoms with van der Waals surface area (Å²) in [7, 11) is -2.15. The van der Waals surface area contributed by atoms with Crippen molar-refractivity contribution in [1.82, 2.24) is 9.62 Å². The standard InChI is InChI=1S/C39H54ClN3O7S/c1-25-7-6-9-35(39-49-23-32(24-50-39)43-20-33(21-43)47-3)34-14-11-29(34)19-42-16-5-4-8-27-17-31(40)13-10-30(27)22-48-37-15-12-28(18-36(37)42)38(44)41-51(45,46)26(25)2/h10,12-13,15,17-18,25-26,29,32-35,39H,4-9,11,14,16,19-24H2,1-3H3,(H,41,44)/t25-,26+,29-,32?,34+,35-,39?/m0/s1. The van der Waals surface area contributed by atoms with Crippen LogP contribution in [-0.4, -0.2) is 89.4 Å². The number of carbonyl (C=O) groups excluding carboxylic acids is 1. The zero-order chi connectivity index (χ0) is 35.7. The van der Waals surface area contributed by atoms with E-state index >= 15 is 0 Å². The maximum Gasteiger partial charge on any atom is 0.264 e. The smallest absolute Gasteiger partial charge is 0.264 e.